The molecule has 0 spiro atoms. The maximum absolute atomic E-state index is 12.8. The van der Waals surface area contributed by atoms with Crippen molar-refractivity contribution >= 4 is 47.4 Å². The van der Waals surface area contributed by atoms with Gasteiger partial charge in [-0.2, -0.15) is 11.8 Å². The highest BCUT2D eigenvalue weighted by Gasteiger charge is 2.31. The predicted octanol–water partition coefficient (Wildman–Crippen LogP) is -1.01. The van der Waals surface area contributed by atoms with Crippen LogP contribution in [0.15, 0.2) is 0 Å². The monoisotopic (exact) mass is 506 g/mol. The summed E-state index contributed by atoms with van der Waals surface area (Å²) in [7, 11) is 0. The van der Waals surface area contributed by atoms with E-state index in [1.54, 1.807) is 20.1 Å². The van der Waals surface area contributed by atoms with Gasteiger partial charge in [-0.25, -0.2) is 4.79 Å². The molecule has 194 valence electrons. The first-order valence-corrected chi connectivity index (χ1v) is 12.0. The van der Waals surface area contributed by atoms with Gasteiger partial charge < -0.3 is 37.0 Å². The number of carbonyl (C=O) groups excluding carboxylic acids is 3. The van der Waals surface area contributed by atoms with E-state index in [4.69, 9.17) is 15.9 Å². The normalized spacial score (nSPS) is 14.4. The third kappa shape index (κ3) is 13.0. The van der Waals surface area contributed by atoms with Gasteiger partial charge >= 0.3 is 17.9 Å². The molecule has 8 N–H and O–H groups in total. The second-order valence-electron chi connectivity index (χ2n) is 8.07. The highest BCUT2D eigenvalue weighted by atomic mass is 32.2. The molecule has 0 radical (unpaired) electrons. The molecule has 0 saturated carbocycles. The zero-order valence-corrected chi connectivity index (χ0v) is 20.2. The first-order chi connectivity index (χ1) is 15.8. The summed E-state index contributed by atoms with van der Waals surface area (Å²) < 4.78 is 0. The van der Waals surface area contributed by atoms with Crippen molar-refractivity contribution in [1.82, 2.24) is 16.0 Å². The van der Waals surface area contributed by atoms with Gasteiger partial charge in [0.25, 0.3) is 0 Å². The van der Waals surface area contributed by atoms with Crippen LogP contribution in [0.4, 0.5) is 0 Å². The van der Waals surface area contributed by atoms with E-state index in [-0.39, 0.29) is 25.2 Å². The van der Waals surface area contributed by atoms with Crippen molar-refractivity contribution < 1.29 is 44.1 Å². The van der Waals surface area contributed by atoms with Crippen LogP contribution in [0.1, 0.15) is 46.0 Å². The van der Waals surface area contributed by atoms with Gasteiger partial charge in [-0.1, -0.05) is 13.8 Å². The van der Waals surface area contributed by atoms with Crippen LogP contribution in [0.3, 0.4) is 0 Å². The van der Waals surface area contributed by atoms with Crippen LogP contribution in [0.2, 0.25) is 0 Å². The van der Waals surface area contributed by atoms with Gasteiger partial charge in [-0.3, -0.25) is 24.0 Å². The number of carboxylic acids is 3. The highest BCUT2D eigenvalue weighted by Crippen LogP contribution is 2.08. The third-order valence-corrected chi connectivity index (χ3v) is 5.23. The molecule has 0 aromatic heterocycles. The van der Waals surface area contributed by atoms with E-state index in [9.17, 15) is 33.9 Å². The number of carbonyl (C=O) groups is 6. The van der Waals surface area contributed by atoms with Gasteiger partial charge in [0.05, 0.1) is 12.5 Å². The molecule has 0 bridgehead atoms. The Morgan fingerprint density at radius 3 is 1.79 bits per heavy atom. The smallest absolute Gasteiger partial charge is 0.326 e. The minimum Gasteiger partial charge on any atom is -0.481 e. The molecule has 0 aromatic rings. The summed E-state index contributed by atoms with van der Waals surface area (Å²) in [6.45, 7) is 3.57. The lowest BCUT2D eigenvalue weighted by molar-refractivity contribution is -0.143. The summed E-state index contributed by atoms with van der Waals surface area (Å²) in [4.78, 5) is 71.0. The van der Waals surface area contributed by atoms with Crippen molar-refractivity contribution in [2.45, 2.75) is 70.1 Å². The number of thioether (sulfide) groups is 1. The summed E-state index contributed by atoms with van der Waals surface area (Å²) in [5.41, 5.74) is 5.61. The van der Waals surface area contributed by atoms with E-state index in [0.29, 0.717) is 5.75 Å². The summed E-state index contributed by atoms with van der Waals surface area (Å²) in [6, 6.07) is -5.23. The SMILES string of the molecule is CSCCC(NC(=O)C(CC(=O)O)NC(=O)C(N)CCC(=O)O)C(=O)NC(CC(C)C)C(=O)O. The molecule has 0 rings (SSSR count). The molecule has 0 fully saturated rings. The van der Waals surface area contributed by atoms with Crippen molar-refractivity contribution in [2.24, 2.45) is 11.7 Å². The van der Waals surface area contributed by atoms with Gasteiger partial charge in [0.15, 0.2) is 0 Å². The van der Waals surface area contributed by atoms with Crippen molar-refractivity contribution in [3.63, 3.8) is 0 Å². The number of aliphatic carboxylic acids is 3. The highest BCUT2D eigenvalue weighted by molar-refractivity contribution is 7.98. The standard InChI is InChI=1S/C20H34N4O9S/c1-10(2)8-14(20(32)33)24-18(30)12(6-7-34-3)22-19(31)13(9-16(27)28)23-17(29)11(21)4-5-15(25)26/h10-14H,4-9,21H2,1-3H3,(H,22,31)(H,23,29)(H,24,30)(H,25,26)(H,27,28)(H,32,33). The Morgan fingerprint density at radius 1 is 0.794 bits per heavy atom. The molecule has 3 amide bonds. The van der Waals surface area contributed by atoms with Crippen LogP contribution in [0.25, 0.3) is 0 Å². The average molecular weight is 507 g/mol. The van der Waals surface area contributed by atoms with Gasteiger partial charge in [0, 0.05) is 6.42 Å². The van der Waals surface area contributed by atoms with Crippen molar-refractivity contribution in [2.75, 3.05) is 12.0 Å². The number of hydrogen-bond acceptors (Lipinski definition) is 8. The number of carboxylic acid groups (broad SMARTS) is 3. The summed E-state index contributed by atoms with van der Waals surface area (Å²) in [5, 5.41) is 34.1. The van der Waals surface area contributed by atoms with E-state index in [0.717, 1.165) is 0 Å². The molecule has 0 aliphatic carbocycles. The second-order valence-corrected chi connectivity index (χ2v) is 9.06. The lowest BCUT2D eigenvalue weighted by Gasteiger charge is -2.25. The molecule has 34 heavy (non-hydrogen) atoms. The minimum atomic E-state index is -1.59. The van der Waals surface area contributed by atoms with E-state index in [2.05, 4.69) is 16.0 Å². The van der Waals surface area contributed by atoms with E-state index < -0.39 is 72.6 Å². The summed E-state index contributed by atoms with van der Waals surface area (Å²) in [6.07, 6.45) is 0.609. The number of hydrogen-bond donors (Lipinski definition) is 7. The lowest BCUT2D eigenvalue weighted by Crippen LogP contribution is -2.57. The summed E-state index contributed by atoms with van der Waals surface area (Å²) in [5.74, 6) is -6.07. The van der Waals surface area contributed by atoms with Gasteiger partial charge in [0.1, 0.15) is 18.1 Å². The van der Waals surface area contributed by atoms with Gasteiger partial charge in [-0.05, 0) is 37.2 Å². The topological polar surface area (TPSA) is 225 Å². The molecular formula is C20H34N4O9S. The molecule has 0 aliphatic rings. The van der Waals surface area contributed by atoms with E-state index in [1.165, 1.54) is 11.8 Å². The molecule has 0 heterocycles. The van der Waals surface area contributed by atoms with E-state index in [1.807, 2.05) is 0 Å². The Balaban J connectivity index is 5.46. The Bertz CT molecular complexity index is 748. The maximum Gasteiger partial charge on any atom is 0.326 e. The predicted molar refractivity (Wildman–Crippen MR) is 123 cm³/mol. The lowest BCUT2D eigenvalue weighted by atomic mass is 10.0. The van der Waals surface area contributed by atoms with E-state index >= 15 is 0 Å². The molecular weight excluding hydrogens is 472 g/mol. The first kappa shape index (κ1) is 31.1. The van der Waals surface area contributed by atoms with Crippen LogP contribution < -0.4 is 21.7 Å². The van der Waals surface area contributed by atoms with Crippen molar-refractivity contribution in [3.05, 3.63) is 0 Å². The molecule has 0 saturated heterocycles. The molecule has 4 unspecified atom stereocenters. The molecule has 0 aromatic carbocycles. The maximum atomic E-state index is 12.8. The van der Waals surface area contributed by atoms with Crippen LogP contribution in [-0.4, -0.2) is 87.1 Å². The number of nitrogens with two attached hydrogens (primary N) is 1. The van der Waals surface area contributed by atoms with Crippen molar-refractivity contribution in [1.29, 1.82) is 0 Å². The Kier molecular flexibility index (Phi) is 14.5. The molecule has 0 aliphatic heterocycles. The Hall–Kier alpha value is -2.87. The summed E-state index contributed by atoms with van der Waals surface area (Å²) >= 11 is 1.38. The zero-order chi connectivity index (χ0) is 26.4. The van der Waals surface area contributed by atoms with Gasteiger partial charge in [-0.15, -0.1) is 0 Å². The molecule has 13 nitrogen and oxygen atoms in total. The number of nitrogens with one attached hydrogen (secondary N) is 3. The fraction of sp³-hybridized carbons (Fsp3) is 0.700. The molecule has 4 atom stereocenters. The van der Waals surface area contributed by atoms with Crippen LogP contribution in [-0.2, 0) is 28.8 Å². The zero-order valence-electron chi connectivity index (χ0n) is 19.4. The van der Waals surface area contributed by atoms with Crippen LogP contribution in [0, 0.1) is 5.92 Å². The fourth-order valence-electron chi connectivity index (χ4n) is 2.81. The minimum absolute atomic E-state index is 0.0267. The number of rotatable bonds is 17. The second kappa shape index (κ2) is 15.9. The van der Waals surface area contributed by atoms with Crippen LogP contribution in [0.5, 0.6) is 0 Å². The fourth-order valence-corrected chi connectivity index (χ4v) is 3.29. The number of amides is 3. The Labute approximate surface area is 201 Å². The van der Waals surface area contributed by atoms with Crippen molar-refractivity contribution in [3.8, 4) is 0 Å². The first-order valence-electron chi connectivity index (χ1n) is 10.6. The van der Waals surface area contributed by atoms with Gasteiger partial charge in [0.2, 0.25) is 17.7 Å². The Morgan fingerprint density at radius 2 is 1.32 bits per heavy atom. The van der Waals surface area contributed by atoms with Crippen LogP contribution >= 0.6 is 11.8 Å². The third-order valence-electron chi connectivity index (χ3n) is 4.58. The average Bonchev–Trinajstić information content (AvgIpc) is 2.72. The molecule has 14 heteroatoms. The largest absolute Gasteiger partial charge is 0.481 e. The quantitative estimate of drug-likeness (QED) is 0.126.